The van der Waals surface area contributed by atoms with Gasteiger partial charge in [-0.1, -0.05) is 56.0 Å². The van der Waals surface area contributed by atoms with Gasteiger partial charge in [-0.3, -0.25) is 0 Å². The summed E-state index contributed by atoms with van der Waals surface area (Å²) in [5.41, 5.74) is 1.14. The normalized spacial score (nSPS) is 13.1. The Morgan fingerprint density at radius 1 is 1.18 bits per heavy atom. The van der Waals surface area contributed by atoms with Crippen LogP contribution in [0.5, 0.6) is 0 Å². The van der Waals surface area contributed by atoms with Gasteiger partial charge < -0.3 is 5.32 Å². The zero-order valence-corrected chi connectivity index (χ0v) is 12.3. The first-order chi connectivity index (χ1) is 8.04. The van der Waals surface area contributed by atoms with Crippen LogP contribution in [0.2, 0.25) is 10.0 Å². The van der Waals surface area contributed by atoms with Crippen molar-refractivity contribution in [1.82, 2.24) is 5.32 Å². The fraction of sp³-hybridized carbons (Fsp3) is 0.571. The molecular weight excluding hydrogens is 253 g/mol. The fourth-order valence-electron chi connectivity index (χ4n) is 1.97. The Hall–Kier alpha value is -0.240. The molecule has 1 N–H and O–H groups in total. The molecule has 0 saturated heterocycles. The lowest BCUT2D eigenvalue weighted by molar-refractivity contribution is 0.470. The highest BCUT2D eigenvalue weighted by Gasteiger charge is 2.13. The second-order valence-corrected chi connectivity index (χ2v) is 5.68. The van der Waals surface area contributed by atoms with E-state index in [1.54, 1.807) is 0 Å². The first-order valence-electron chi connectivity index (χ1n) is 6.16. The molecule has 0 aromatic heterocycles. The molecule has 1 atom stereocenters. The first-order valence-corrected chi connectivity index (χ1v) is 6.92. The van der Waals surface area contributed by atoms with E-state index >= 15 is 0 Å². The van der Waals surface area contributed by atoms with E-state index in [0.29, 0.717) is 11.1 Å². The summed E-state index contributed by atoms with van der Waals surface area (Å²) < 4.78 is 0. The molecule has 0 radical (unpaired) electrons. The third-order valence-electron chi connectivity index (χ3n) is 2.96. The van der Waals surface area contributed by atoms with Gasteiger partial charge in [0.05, 0.1) is 0 Å². The van der Waals surface area contributed by atoms with Crippen molar-refractivity contribution in [3.05, 3.63) is 33.8 Å². The van der Waals surface area contributed by atoms with Gasteiger partial charge in [0.2, 0.25) is 0 Å². The van der Waals surface area contributed by atoms with Crippen molar-refractivity contribution in [1.29, 1.82) is 0 Å². The summed E-state index contributed by atoms with van der Waals surface area (Å²) in [4.78, 5) is 0. The molecule has 3 heteroatoms. The molecule has 0 fully saturated rings. The Kier molecular flexibility index (Phi) is 6.32. The Morgan fingerprint density at radius 3 is 2.41 bits per heavy atom. The SMILES string of the molecule is CNC(CCCC(C)C)c1ccc(Cl)cc1Cl. The number of nitrogens with one attached hydrogen (secondary N) is 1. The van der Waals surface area contributed by atoms with E-state index in [4.69, 9.17) is 23.2 Å². The molecule has 0 aliphatic heterocycles. The van der Waals surface area contributed by atoms with E-state index < -0.39 is 0 Å². The topological polar surface area (TPSA) is 12.0 Å². The maximum Gasteiger partial charge on any atom is 0.0468 e. The van der Waals surface area contributed by atoms with E-state index in [2.05, 4.69) is 19.2 Å². The molecule has 0 bridgehead atoms. The van der Waals surface area contributed by atoms with E-state index in [0.717, 1.165) is 22.9 Å². The summed E-state index contributed by atoms with van der Waals surface area (Å²) in [7, 11) is 1.98. The molecule has 1 aromatic rings. The van der Waals surface area contributed by atoms with Crippen LogP contribution in [0, 0.1) is 5.92 Å². The number of benzene rings is 1. The van der Waals surface area contributed by atoms with Crippen LogP contribution < -0.4 is 5.32 Å². The lowest BCUT2D eigenvalue weighted by Gasteiger charge is -2.18. The molecule has 0 amide bonds. The van der Waals surface area contributed by atoms with Crippen molar-refractivity contribution in [2.45, 2.75) is 39.2 Å². The van der Waals surface area contributed by atoms with Crippen LogP contribution in [0.25, 0.3) is 0 Å². The van der Waals surface area contributed by atoms with Gasteiger partial charge in [-0.15, -0.1) is 0 Å². The minimum Gasteiger partial charge on any atom is -0.313 e. The number of hydrogen-bond acceptors (Lipinski definition) is 1. The Bertz CT molecular complexity index is 350. The summed E-state index contributed by atoms with van der Waals surface area (Å²) in [6, 6.07) is 6.04. The first kappa shape index (κ1) is 14.8. The summed E-state index contributed by atoms with van der Waals surface area (Å²) in [5.74, 6) is 0.758. The van der Waals surface area contributed by atoms with Gasteiger partial charge in [-0.25, -0.2) is 0 Å². The molecule has 17 heavy (non-hydrogen) atoms. The van der Waals surface area contributed by atoms with Crippen LogP contribution in [0.15, 0.2) is 18.2 Å². The summed E-state index contributed by atoms with van der Waals surface area (Å²) in [6.45, 7) is 4.51. The molecule has 1 rings (SSSR count). The number of rotatable bonds is 6. The molecule has 0 saturated carbocycles. The maximum atomic E-state index is 6.22. The molecule has 0 aliphatic carbocycles. The van der Waals surface area contributed by atoms with Crippen molar-refractivity contribution >= 4 is 23.2 Å². The largest absolute Gasteiger partial charge is 0.313 e. The highest BCUT2D eigenvalue weighted by Crippen LogP contribution is 2.29. The van der Waals surface area contributed by atoms with E-state index in [-0.39, 0.29) is 0 Å². The molecule has 1 aromatic carbocycles. The summed E-state index contributed by atoms with van der Waals surface area (Å²) in [6.07, 6.45) is 3.57. The number of halogens is 2. The molecule has 0 heterocycles. The Labute approximate surface area is 115 Å². The second kappa shape index (κ2) is 7.25. The van der Waals surface area contributed by atoms with Crippen molar-refractivity contribution in [3.63, 3.8) is 0 Å². The van der Waals surface area contributed by atoms with Crippen molar-refractivity contribution in [2.75, 3.05) is 7.05 Å². The van der Waals surface area contributed by atoms with Crippen LogP contribution >= 0.6 is 23.2 Å². The maximum absolute atomic E-state index is 6.22. The highest BCUT2D eigenvalue weighted by molar-refractivity contribution is 6.35. The van der Waals surface area contributed by atoms with Crippen LogP contribution in [0.1, 0.15) is 44.7 Å². The van der Waals surface area contributed by atoms with Crippen molar-refractivity contribution < 1.29 is 0 Å². The lowest BCUT2D eigenvalue weighted by Crippen LogP contribution is -2.16. The fourth-order valence-corrected chi connectivity index (χ4v) is 2.51. The molecule has 1 unspecified atom stereocenters. The van der Waals surface area contributed by atoms with E-state index in [1.807, 2.05) is 25.2 Å². The summed E-state index contributed by atoms with van der Waals surface area (Å²) in [5, 5.41) is 4.77. The highest BCUT2D eigenvalue weighted by atomic mass is 35.5. The molecule has 0 aliphatic rings. The van der Waals surface area contributed by atoms with Gasteiger partial charge >= 0.3 is 0 Å². The predicted molar refractivity (Wildman–Crippen MR) is 77.0 cm³/mol. The minimum absolute atomic E-state index is 0.318. The van der Waals surface area contributed by atoms with Crippen LogP contribution in [-0.2, 0) is 0 Å². The number of hydrogen-bond donors (Lipinski definition) is 1. The average Bonchev–Trinajstić information content (AvgIpc) is 2.25. The summed E-state index contributed by atoms with van der Waals surface area (Å²) >= 11 is 12.1. The quantitative estimate of drug-likeness (QED) is 0.762. The molecular formula is C14H21Cl2N. The minimum atomic E-state index is 0.318. The van der Waals surface area contributed by atoms with Gasteiger partial charge in [-0.2, -0.15) is 0 Å². The smallest absolute Gasteiger partial charge is 0.0468 e. The Balaban J connectivity index is 2.66. The zero-order valence-electron chi connectivity index (χ0n) is 10.8. The van der Waals surface area contributed by atoms with Crippen LogP contribution in [0.3, 0.4) is 0 Å². The van der Waals surface area contributed by atoms with Crippen molar-refractivity contribution in [3.8, 4) is 0 Å². The van der Waals surface area contributed by atoms with Crippen molar-refractivity contribution in [2.24, 2.45) is 5.92 Å². The monoisotopic (exact) mass is 273 g/mol. The second-order valence-electron chi connectivity index (χ2n) is 4.83. The molecule has 1 nitrogen and oxygen atoms in total. The average molecular weight is 274 g/mol. The van der Waals surface area contributed by atoms with E-state index in [9.17, 15) is 0 Å². The predicted octanol–water partition coefficient (Wildman–Crippen LogP) is 5.08. The zero-order chi connectivity index (χ0) is 12.8. The van der Waals surface area contributed by atoms with Gasteiger partial charge in [0.25, 0.3) is 0 Å². The molecule has 96 valence electrons. The standard InChI is InChI=1S/C14H21Cl2N/c1-10(2)5-4-6-14(17-3)12-8-7-11(15)9-13(12)16/h7-10,14,17H,4-6H2,1-3H3. The van der Waals surface area contributed by atoms with Gasteiger partial charge in [-0.05, 0) is 37.1 Å². The van der Waals surface area contributed by atoms with Gasteiger partial charge in [0.1, 0.15) is 0 Å². The van der Waals surface area contributed by atoms with Gasteiger partial charge in [0, 0.05) is 16.1 Å². The third kappa shape index (κ3) is 4.87. The van der Waals surface area contributed by atoms with Gasteiger partial charge in [0.15, 0.2) is 0 Å². The Morgan fingerprint density at radius 2 is 1.88 bits per heavy atom. The lowest BCUT2D eigenvalue weighted by atomic mass is 9.98. The van der Waals surface area contributed by atoms with Crippen LogP contribution in [-0.4, -0.2) is 7.05 Å². The molecule has 0 spiro atoms. The van der Waals surface area contributed by atoms with Crippen LogP contribution in [0.4, 0.5) is 0 Å². The van der Waals surface area contributed by atoms with E-state index in [1.165, 1.54) is 12.8 Å². The third-order valence-corrected chi connectivity index (χ3v) is 3.52.